The Morgan fingerprint density at radius 3 is 2.36 bits per heavy atom. The molecule has 0 aliphatic carbocycles. The molecule has 0 bridgehead atoms. The standard InChI is InChI=1S/C9H19NO/c1-5-6-7-10(4)9(2,3)8-11/h5-6,11H,7-8H2,1-4H3/b6-5+. The molecule has 0 aliphatic rings. The normalized spacial score (nSPS) is 13.3. The first kappa shape index (κ1) is 10.7. The van der Waals surface area contributed by atoms with Crippen molar-refractivity contribution >= 4 is 0 Å². The van der Waals surface area contributed by atoms with Gasteiger partial charge in [-0.2, -0.15) is 0 Å². The summed E-state index contributed by atoms with van der Waals surface area (Å²) in [6.45, 7) is 7.14. The van der Waals surface area contributed by atoms with Crippen molar-refractivity contribution in [3.8, 4) is 0 Å². The zero-order valence-corrected chi connectivity index (χ0v) is 7.96. The van der Waals surface area contributed by atoms with Gasteiger partial charge in [0.1, 0.15) is 0 Å². The molecule has 0 unspecified atom stereocenters. The average molecular weight is 157 g/mol. The average Bonchev–Trinajstić information content (AvgIpc) is 2.00. The van der Waals surface area contributed by atoms with Gasteiger partial charge in [0.05, 0.1) is 6.61 Å². The van der Waals surface area contributed by atoms with Crippen molar-refractivity contribution in [3.05, 3.63) is 12.2 Å². The molecular formula is C9H19NO. The van der Waals surface area contributed by atoms with Gasteiger partial charge in [0.25, 0.3) is 0 Å². The third-order valence-corrected chi connectivity index (χ3v) is 2.04. The third-order valence-electron chi connectivity index (χ3n) is 2.04. The van der Waals surface area contributed by atoms with Crippen LogP contribution in [0, 0.1) is 0 Å². The Kier molecular flexibility index (Phi) is 4.38. The van der Waals surface area contributed by atoms with Crippen LogP contribution in [0.4, 0.5) is 0 Å². The SMILES string of the molecule is C/C=C/CN(C)C(C)(C)CO. The first-order chi connectivity index (χ1) is 5.04. The first-order valence-electron chi connectivity index (χ1n) is 3.98. The number of likely N-dealkylation sites (N-methyl/N-ethyl adjacent to an activating group) is 1. The van der Waals surface area contributed by atoms with Crippen molar-refractivity contribution in [2.45, 2.75) is 26.3 Å². The summed E-state index contributed by atoms with van der Waals surface area (Å²) in [6, 6.07) is 0. The van der Waals surface area contributed by atoms with Gasteiger partial charge in [-0.05, 0) is 27.8 Å². The topological polar surface area (TPSA) is 23.5 Å². The molecule has 2 nitrogen and oxygen atoms in total. The molecule has 0 rings (SSSR count). The highest BCUT2D eigenvalue weighted by Gasteiger charge is 2.20. The van der Waals surface area contributed by atoms with E-state index in [0.29, 0.717) is 0 Å². The minimum atomic E-state index is -0.112. The molecule has 11 heavy (non-hydrogen) atoms. The number of nitrogens with zero attached hydrogens (tertiary/aromatic N) is 1. The molecule has 2 heteroatoms. The lowest BCUT2D eigenvalue weighted by Gasteiger charge is -2.32. The molecule has 66 valence electrons. The molecule has 0 fully saturated rings. The fraction of sp³-hybridized carbons (Fsp3) is 0.778. The third kappa shape index (κ3) is 3.54. The van der Waals surface area contributed by atoms with Gasteiger partial charge in [-0.3, -0.25) is 4.90 Å². The second-order valence-corrected chi connectivity index (χ2v) is 3.42. The van der Waals surface area contributed by atoms with Gasteiger partial charge >= 0.3 is 0 Å². The predicted molar refractivity (Wildman–Crippen MR) is 48.6 cm³/mol. The van der Waals surface area contributed by atoms with E-state index in [1.807, 2.05) is 33.9 Å². The molecule has 0 aromatic carbocycles. The Labute approximate surface area is 69.5 Å². The molecule has 0 aromatic rings. The first-order valence-corrected chi connectivity index (χ1v) is 3.98. The summed E-state index contributed by atoms with van der Waals surface area (Å²) in [7, 11) is 2.01. The van der Waals surface area contributed by atoms with E-state index in [4.69, 9.17) is 5.11 Å². The van der Waals surface area contributed by atoms with E-state index in [1.165, 1.54) is 0 Å². The zero-order chi connectivity index (χ0) is 8.91. The summed E-state index contributed by atoms with van der Waals surface area (Å²) in [6.07, 6.45) is 4.10. The van der Waals surface area contributed by atoms with Gasteiger partial charge in [0, 0.05) is 12.1 Å². The summed E-state index contributed by atoms with van der Waals surface area (Å²) in [4.78, 5) is 2.12. The van der Waals surface area contributed by atoms with E-state index in [-0.39, 0.29) is 12.1 Å². The molecule has 0 aromatic heterocycles. The fourth-order valence-corrected chi connectivity index (χ4v) is 0.631. The second kappa shape index (κ2) is 4.52. The van der Waals surface area contributed by atoms with E-state index in [1.54, 1.807) is 0 Å². The Balaban J connectivity index is 3.90. The maximum Gasteiger partial charge on any atom is 0.0610 e. The summed E-state index contributed by atoms with van der Waals surface area (Å²) in [5.74, 6) is 0. The minimum Gasteiger partial charge on any atom is -0.394 e. The van der Waals surface area contributed by atoms with E-state index in [0.717, 1.165) is 6.54 Å². The summed E-state index contributed by atoms with van der Waals surface area (Å²) >= 11 is 0. The van der Waals surface area contributed by atoms with Gasteiger partial charge < -0.3 is 5.11 Å². The molecular weight excluding hydrogens is 138 g/mol. The Morgan fingerprint density at radius 2 is 2.00 bits per heavy atom. The van der Waals surface area contributed by atoms with Crippen LogP contribution in [0.25, 0.3) is 0 Å². The fourth-order valence-electron chi connectivity index (χ4n) is 0.631. The van der Waals surface area contributed by atoms with Gasteiger partial charge in [0.15, 0.2) is 0 Å². The number of aliphatic hydroxyl groups is 1. The lowest BCUT2D eigenvalue weighted by atomic mass is 10.1. The monoisotopic (exact) mass is 157 g/mol. The van der Waals surface area contributed by atoms with Gasteiger partial charge in [-0.1, -0.05) is 12.2 Å². The van der Waals surface area contributed by atoms with Crippen molar-refractivity contribution < 1.29 is 5.11 Å². The Bertz CT molecular complexity index is 130. The molecule has 0 spiro atoms. The van der Waals surface area contributed by atoms with E-state index < -0.39 is 0 Å². The lowest BCUT2D eigenvalue weighted by molar-refractivity contribution is 0.0886. The van der Waals surface area contributed by atoms with Crippen LogP contribution in [0.1, 0.15) is 20.8 Å². The summed E-state index contributed by atoms with van der Waals surface area (Å²) in [5.41, 5.74) is -0.112. The predicted octanol–water partition coefficient (Wildman–Crippen LogP) is 1.27. The van der Waals surface area contributed by atoms with Crippen LogP contribution in [-0.4, -0.2) is 35.7 Å². The quantitative estimate of drug-likeness (QED) is 0.621. The van der Waals surface area contributed by atoms with Crippen molar-refractivity contribution in [1.82, 2.24) is 4.90 Å². The van der Waals surface area contributed by atoms with Crippen LogP contribution in [-0.2, 0) is 0 Å². The Hall–Kier alpha value is -0.340. The van der Waals surface area contributed by atoms with Crippen LogP contribution in [0.15, 0.2) is 12.2 Å². The number of aliphatic hydroxyl groups excluding tert-OH is 1. The molecule has 0 aliphatic heterocycles. The van der Waals surface area contributed by atoms with Crippen LogP contribution in [0.5, 0.6) is 0 Å². The summed E-state index contributed by atoms with van der Waals surface area (Å²) in [5, 5.41) is 9.00. The smallest absolute Gasteiger partial charge is 0.0610 e. The van der Waals surface area contributed by atoms with Crippen LogP contribution < -0.4 is 0 Å². The molecule has 0 atom stereocenters. The van der Waals surface area contributed by atoms with Crippen molar-refractivity contribution in [1.29, 1.82) is 0 Å². The number of allylic oxidation sites excluding steroid dienone is 1. The Morgan fingerprint density at radius 1 is 1.45 bits per heavy atom. The second-order valence-electron chi connectivity index (χ2n) is 3.42. The van der Waals surface area contributed by atoms with Crippen molar-refractivity contribution in [2.75, 3.05) is 20.2 Å². The van der Waals surface area contributed by atoms with Gasteiger partial charge in [-0.25, -0.2) is 0 Å². The molecule has 0 radical (unpaired) electrons. The number of hydrogen-bond acceptors (Lipinski definition) is 2. The van der Waals surface area contributed by atoms with Crippen LogP contribution >= 0.6 is 0 Å². The molecule has 0 heterocycles. The maximum atomic E-state index is 9.00. The van der Waals surface area contributed by atoms with Gasteiger partial charge in [-0.15, -0.1) is 0 Å². The van der Waals surface area contributed by atoms with Crippen molar-refractivity contribution in [2.24, 2.45) is 0 Å². The summed E-state index contributed by atoms with van der Waals surface area (Å²) < 4.78 is 0. The van der Waals surface area contributed by atoms with E-state index in [9.17, 15) is 0 Å². The molecule has 0 saturated heterocycles. The van der Waals surface area contributed by atoms with E-state index in [2.05, 4.69) is 11.0 Å². The highest BCUT2D eigenvalue weighted by Crippen LogP contribution is 2.09. The number of rotatable bonds is 4. The highest BCUT2D eigenvalue weighted by molar-refractivity contribution is 4.86. The largest absolute Gasteiger partial charge is 0.394 e. The van der Waals surface area contributed by atoms with Crippen LogP contribution in [0.3, 0.4) is 0 Å². The highest BCUT2D eigenvalue weighted by atomic mass is 16.3. The minimum absolute atomic E-state index is 0.112. The lowest BCUT2D eigenvalue weighted by Crippen LogP contribution is -2.44. The van der Waals surface area contributed by atoms with E-state index >= 15 is 0 Å². The van der Waals surface area contributed by atoms with Crippen LogP contribution in [0.2, 0.25) is 0 Å². The molecule has 0 saturated carbocycles. The number of hydrogen-bond donors (Lipinski definition) is 1. The zero-order valence-electron chi connectivity index (χ0n) is 7.96. The maximum absolute atomic E-state index is 9.00. The van der Waals surface area contributed by atoms with Crippen molar-refractivity contribution in [3.63, 3.8) is 0 Å². The molecule has 1 N–H and O–H groups in total. The molecule has 0 amide bonds. The van der Waals surface area contributed by atoms with Gasteiger partial charge in [0.2, 0.25) is 0 Å².